The van der Waals surface area contributed by atoms with Crippen LogP contribution in [0.5, 0.6) is 0 Å². The second kappa shape index (κ2) is 15.0. The molecular formula is C62H38N2O. The molecule has 0 unspecified atom stereocenters. The normalized spacial score (nSPS) is 17.1. The summed E-state index contributed by atoms with van der Waals surface area (Å²) < 4.78 is 240. The Labute approximate surface area is 410 Å². The van der Waals surface area contributed by atoms with E-state index >= 15 is 0 Å². The Kier molecular flexibility index (Phi) is 4.57. The summed E-state index contributed by atoms with van der Waals surface area (Å²) in [5.74, 6) is -1.90. The first-order valence-electron chi connectivity index (χ1n) is 32.6. The number of furan rings is 1. The van der Waals surface area contributed by atoms with Gasteiger partial charge in [-0.2, -0.15) is 0 Å². The highest BCUT2D eigenvalue weighted by molar-refractivity contribution is 6.14. The first kappa shape index (κ1) is 19.8. The minimum Gasteiger partial charge on any atom is -0.455 e. The van der Waals surface area contributed by atoms with E-state index in [1.54, 1.807) is 48.7 Å². The second-order valence-corrected chi connectivity index (χ2v) is 14.9. The first-order valence-corrected chi connectivity index (χ1v) is 20.1. The van der Waals surface area contributed by atoms with Crippen LogP contribution in [0.2, 0.25) is 0 Å². The maximum atomic E-state index is 10.4. The summed E-state index contributed by atoms with van der Waals surface area (Å²) >= 11 is 0. The van der Waals surface area contributed by atoms with E-state index < -0.39 is 228 Å². The van der Waals surface area contributed by atoms with Gasteiger partial charge >= 0.3 is 0 Å². The average molecular weight is 852 g/mol. The van der Waals surface area contributed by atoms with E-state index in [1.165, 1.54) is 0 Å². The molecule has 10 aromatic carbocycles. The standard InChI is InChI=1S/C62H38N2O/c1-4-23-46-39(14-1)17-10-28-53(46)57-58(54-29-11-18-40-15-2-5-24-47(40)54)62(55-30-12-19-41-16-3-6-25-48(41)55)65-61(57)45-21-9-20-44(38-45)49-34-35-52(51-27-8-7-26-50(49)51)56-36-33-43-32-31-42-22-13-37-63-59(42)60(43)64-56/h1-38H/i1D,2D,3D,4D,5D,6D,9D,10D,11D,12D,14D,15D,16D,17D,18D,19D,20D,21D,23D,24D,25D,28D,29D,30D,38D. The molecule has 0 aliphatic rings. The van der Waals surface area contributed by atoms with Crippen LogP contribution in [0.1, 0.15) is 34.3 Å². The molecule has 13 aromatic rings. The molecule has 0 bridgehead atoms. The van der Waals surface area contributed by atoms with Gasteiger partial charge < -0.3 is 4.42 Å². The highest BCUT2D eigenvalue weighted by atomic mass is 16.3. The molecular weight excluding hydrogens is 789 g/mol. The van der Waals surface area contributed by atoms with Gasteiger partial charge in [-0.3, -0.25) is 4.98 Å². The predicted molar refractivity (Wildman–Crippen MR) is 272 cm³/mol. The Bertz CT molecular complexity index is 5490. The van der Waals surface area contributed by atoms with E-state index in [0.717, 1.165) is 10.8 Å². The lowest BCUT2D eigenvalue weighted by Gasteiger charge is -2.14. The fraction of sp³-hybridized carbons (Fsp3) is 0. The molecule has 3 heteroatoms. The molecule has 302 valence electrons. The Morgan fingerprint density at radius 1 is 0.354 bits per heavy atom. The van der Waals surface area contributed by atoms with E-state index in [-0.39, 0.29) is 11.1 Å². The third-order valence-corrected chi connectivity index (χ3v) is 11.3. The molecule has 0 N–H and O–H groups in total. The zero-order valence-corrected chi connectivity index (χ0v) is 33.3. The zero-order chi connectivity index (χ0) is 64.6. The van der Waals surface area contributed by atoms with Crippen molar-refractivity contribution in [2.24, 2.45) is 0 Å². The van der Waals surface area contributed by atoms with Gasteiger partial charge in [-0.25, -0.2) is 4.98 Å². The molecule has 0 saturated carbocycles. The smallest absolute Gasteiger partial charge is 0.143 e. The van der Waals surface area contributed by atoms with Crippen molar-refractivity contribution >= 4 is 64.9 Å². The third kappa shape index (κ3) is 6.05. The van der Waals surface area contributed by atoms with Crippen molar-refractivity contribution < 1.29 is 38.7 Å². The Morgan fingerprint density at radius 2 is 0.877 bits per heavy atom. The number of hydrogen-bond donors (Lipinski definition) is 0. The number of benzene rings is 10. The van der Waals surface area contributed by atoms with Gasteiger partial charge in [0.25, 0.3) is 0 Å². The molecule has 3 heterocycles. The van der Waals surface area contributed by atoms with Gasteiger partial charge in [0, 0.05) is 44.8 Å². The van der Waals surface area contributed by atoms with Gasteiger partial charge in [0.1, 0.15) is 11.5 Å². The number of nitrogens with zero attached hydrogens (tertiary/aromatic N) is 2. The van der Waals surface area contributed by atoms with Crippen molar-refractivity contribution in [3.05, 3.63) is 230 Å². The minimum absolute atomic E-state index is 0.106. The van der Waals surface area contributed by atoms with Gasteiger partial charge in [0.2, 0.25) is 0 Å². The molecule has 0 fully saturated rings. The van der Waals surface area contributed by atoms with Crippen molar-refractivity contribution in [1.29, 1.82) is 0 Å². The lowest BCUT2D eigenvalue weighted by atomic mass is 9.86. The van der Waals surface area contributed by atoms with Gasteiger partial charge in [0.15, 0.2) is 0 Å². The predicted octanol–water partition coefficient (Wildman–Crippen LogP) is 17.0. The molecule has 0 radical (unpaired) electrons. The third-order valence-electron chi connectivity index (χ3n) is 11.3. The summed E-state index contributed by atoms with van der Waals surface area (Å²) in [5, 5.41) is -1.79. The van der Waals surface area contributed by atoms with Crippen LogP contribution < -0.4 is 0 Å². The topological polar surface area (TPSA) is 38.9 Å². The summed E-state index contributed by atoms with van der Waals surface area (Å²) in [4.78, 5) is 9.66. The molecule has 0 aliphatic heterocycles. The monoisotopic (exact) mass is 851 g/mol. The number of aromatic nitrogens is 2. The van der Waals surface area contributed by atoms with E-state index in [2.05, 4.69) is 4.98 Å². The van der Waals surface area contributed by atoms with Gasteiger partial charge in [-0.15, -0.1) is 0 Å². The van der Waals surface area contributed by atoms with Crippen molar-refractivity contribution in [3.63, 3.8) is 0 Å². The van der Waals surface area contributed by atoms with Crippen LogP contribution in [0.3, 0.4) is 0 Å². The quantitative estimate of drug-likeness (QED) is 0.156. The molecule has 65 heavy (non-hydrogen) atoms. The molecule has 13 rings (SSSR count). The molecule has 0 aliphatic carbocycles. The Morgan fingerprint density at radius 3 is 1.57 bits per heavy atom. The van der Waals surface area contributed by atoms with E-state index in [4.69, 9.17) is 25.9 Å². The van der Waals surface area contributed by atoms with Gasteiger partial charge in [-0.05, 0) is 83.5 Å². The zero-order valence-electron chi connectivity index (χ0n) is 58.3. The van der Waals surface area contributed by atoms with Crippen LogP contribution in [0, 0.1) is 0 Å². The molecule has 3 nitrogen and oxygen atoms in total. The van der Waals surface area contributed by atoms with Crippen molar-refractivity contribution in [3.8, 4) is 67.3 Å². The highest BCUT2D eigenvalue weighted by Gasteiger charge is 2.28. The molecule has 0 saturated heterocycles. The summed E-state index contributed by atoms with van der Waals surface area (Å²) in [6, 6.07) is -2.39. The molecule has 0 spiro atoms. The SMILES string of the molecule is [2H]c1c([2H])c(-c2oc(-c3c([2H])c([2H])c([2H])c4c([2H])c([2H])c([2H])c([2H])c34)c(-c3c([2H])c([2H])c([2H])c4c([2H])c([2H])c([2H])c([2H])c34)c2-c2c([2H])c([2H])c([2H])c3c([2H])c([2H])c([2H])c([2H])c23)c([2H])c(-c2ccc(-c3ccc4ccc5cccnc5c4n3)c3ccccc23)c1[2H]. The number of hydrogen-bond acceptors (Lipinski definition) is 3. The maximum Gasteiger partial charge on any atom is 0.143 e. The number of fused-ring (bicyclic) bond motifs is 7. The summed E-state index contributed by atoms with van der Waals surface area (Å²) in [6.07, 6.45) is 1.65. The van der Waals surface area contributed by atoms with Crippen molar-refractivity contribution in [1.82, 2.24) is 9.97 Å². The van der Waals surface area contributed by atoms with Crippen LogP contribution in [-0.2, 0) is 0 Å². The summed E-state index contributed by atoms with van der Waals surface area (Å²) in [7, 11) is 0. The fourth-order valence-corrected chi connectivity index (χ4v) is 8.45. The van der Waals surface area contributed by atoms with Crippen LogP contribution in [0.25, 0.3) is 132 Å². The second-order valence-electron chi connectivity index (χ2n) is 14.9. The highest BCUT2D eigenvalue weighted by Crippen LogP contribution is 2.52. The average Bonchev–Trinajstić information content (AvgIpc) is 1.41. The van der Waals surface area contributed by atoms with Crippen LogP contribution in [-0.4, -0.2) is 9.97 Å². The van der Waals surface area contributed by atoms with E-state index in [9.17, 15) is 17.8 Å². The molecule has 0 atom stereocenters. The number of pyridine rings is 2. The van der Waals surface area contributed by atoms with E-state index in [0.29, 0.717) is 33.1 Å². The van der Waals surface area contributed by atoms with Crippen LogP contribution >= 0.6 is 0 Å². The lowest BCUT2D eigenvalue weighted by Crippen LogP contribution is -1.91. The first-order chi connectivity index (χ1) is 42.6. The minimum atomic E-state index is -1.08. The fourth-order valence-electron chi connectivity index (χ4n) is 8.45. The molecule has 0 amide bonds. The summed E-state index contributed by atoms with van der Waals surface area (Å²) in [5.41, 5.74) is -2.98. The van der Waals surface area contributed by atoms with Gasteiger partial charge in [-0.1, -0.05) is 206 Å². The Balaban J connectivity index is 1.28. The van der Waals surface area contributed by atoms with Crippen LogP contribution in [0.4, 0.5) is 0 Å². The summed E-state index contributed by atoms with van der Waals surface area (Å²) in [6.45, 7) is 0. The molecule has 3 aromatic heterocycles. The maximum absolute atomic E-state index is 10.4. The van der Waals surface area contributed by atoms with Crippen LogP contribution in [0.15, 0.2) is 234 Å². The van der Waals surface area contributed by atoms with Crippen molar-refractivity contribution in [2.45, 2.75) is 0 Å². The largest absolute Gasteiger partial charge is 0.455 e. The lowest BCUT2D eigenvalue weighted by molar-refractivity contribution is 0.599. The Hall–Kier alpha value is -8.66. The van der Waals surface area contributed by atoms with Gasteiger partial charge in [0.05, 0.1) is 51.0 Å². The number of rotatable bonds is 6. The van der Waals surface area contributed by atoms with Crippen molar-refractivity contribution in [2.75, 3.05) is 0 Å². The van der Waals surface area contributed by atoms with E-state index in [1.807, 2.05) is 30.3 Å².